The molecule has 2 amide bonds. The number of amides is 2. The molecule has 1 saturated heterocycles. The van der Waals surface area contributed by atoms with Crippen LogP contribution in [0.1, 0.15) is 56.8 Å². The molecule has 146 valence electrons. The number of hydrogen-bond donors (Lipinski definition) is 1. The molecular formula is C20H28N4O2S. The smallest absolute Gasteiger partial charge is 0.322 e. The van der Waals surface area contributed by atoms with Gasteiger partial charge in [-0.05, 0) is 44.1 Å². The van der Waals surface area contributed by atoms with Crippen LogP contribution in [0, 0.1) is 12.8 Å². The van der Waals surface area contributed by atoms with Crippen LogP contribution in [0.15, 0.2) is 4.79 Å². The van der Waals surface area contributed by atoms with Gasteiger partial charge in [0.2, 0.25) is 0 Å². The summed E-state index contributed by atoms with van der Waals surface area (Å²) in [6.45, 7) is 6.52. The minimum absolute atomic E-state index is 0.0492. The van der Waals surface area contributed by atoms with Gasteiger partial charge in [-0.2, -0.15) is 0 Å². The fourth-order valence-electron chi connectivity index (χ4n) is 4.12. The number of carbonyl (C=O) groups is 1. The topological polar surface area (TPSA) is 67.2 Å². The number of rotatable bonds is 1. The Morgan fingerprint density at radius 3 is 2.63 bits per heavy atom. The molecule has 2 aromatic rings. The Labute approximate surface area is 163 Å². The first-order chi connectivity index (χ1) is 13.0. The van der Waals surface area contributed by atoms with E-state index in [1.165, 1.54) is 24.2 Å². The summed E-state index contributed by atoms with van der Waals surface area (Å²) in [6.07, 6.45) is 7.44. The molecule has 2 aliphatic rings. The Morgan fingerprint density at radius 1 is 1.15 bits per heavy atom. The summed E-state index contributed by atoms with van der Waals surface area (Å²) < 4.78 is 1.85. The maximum atomic E-state index is 13.1. The van der Waals surface area contributed by atoms with Gasteiger partial charge in [0.05, 0.1) is 5.39 Å². The highest BCUT2D eigenvalue weighted by molar-refractivity contribution is 7.22. The maximum absolute atomic E-state index is 13.1. The highest BCUT2D eigenvalue weighted by atomic mass is 32.1. The van der Waals surface area contributed by atoms with Crippen molar-refractivity contribution in [3.63, 3.8) is 0 Å². The van der Waals surface area contributed by atoms with Gasteiger partial charge in [-0.3, -0.25) is 14.7 Å². The average Bonchev–Trinajstić information content (AvgIpc) is 2.86. The molecular weight excluding hydrogens is 360 g/mol. The van der Waals surface area contributed by atoms with E-state index in [4.69, 9.17) is 4.98 Å². The average molecular weight is 389 g/mol. The van der Waals surface area contributed by atoms with Crippen LogP contribution in [0.4, 0.5) is 9.80 Å². The number of aryl methyl sites for hydroxylation is 2. The normalized spacial score (nSPS) is 20.8. The second-order valence-corrected chi connectivity index (χ2v) is 8.98. The molecule has 1 fully saturated rings. The molecule has 2 aliphatic heterocycles. The van der Waals surface area contributed by atoms with Gasteiger partial charge < -0.3 is 4.90 Å². The maximum Gasteiger partial charge on any atom is 0.322 e. The first kappa shape index (κ1) is 18.5. The summed E-state index contributed by atoms with van der Waals surface area (Å²) in [5.41, 5.74) is 0.899. The van der Waals surface area contributed by atoms with Crippen molar-refractivity contribution in [3.8, 4) is 0 Å². The molecule has 0 radical (unpaired) electrons. The third-order valence-electron chi connectivity index (χ3n) is 5.95. The molecule has 0 aromatic carbocycles. The molecule has 4 rings (SSSR count). The fourth-order valence-corrected chi connectivity index (χ4v) is 5.20. The lowest BCUT2D eigenvalue weighted by molar-refractivity contribution is 0.214. The van der Waals surface area contributed by atoms with Crippen molar-refractivity contribution >= 4 is 32.6 Å². The molecule has 0 spiro atoms. The monoisotopic (exact) mass is 388 g/mol. The minimum atomic E-state index is -0.0537. The Kier molecular flexibility index (Phi) is 5.21. The van der Waals surface area contributed by atoms with Gasteiger partial charge in [-0.25, -0.2) is 9.78 Å². The zero-order valence-electron chi connectivity index (χ0n) is 16.2. The molecule has 0 bridgehead atoms. The zero-order valence-corrected chi connectivity index (χ0v) is 17.0. The number of thiophene rings is 1. The quantitative estimate of drug-likeness (QED) is 0.798. The Bertz CT molecular complexity index is 909. The summed E-state index contributed by atoms with van der Waals surface area (Å²) in [7, 11) is 0. The van der Waals surface area contributed by atoms with Crippen molar-refractivity contribution in [2.45, 2.75) is 65.3 Å². The van der Waals surface area contributed by atoms with E-state index in [1.807, 2.05) is 16.4 Å². The van der Waals surface area contributed by atoms with Crippen molar-refractivity contribution in [3.05, 3.63) is 21.7 Å². The van der Waals surface area contributed by atoms with Crippen LogP contribution in [0.3, 0.4) is 0 Å². The first-order valence-electron chi connectivity index (χ1n) is 10.1. The number of aromatic nitrogens is 2. The first-order valence-corrected chi connectivity index (χ1v) is 10.9. The Morgan fingerprint density at radius 2 is 1.89 bits per heavy atom. The summed E-state index contributed by atoms with van der Waals surface area (Å²) in [6, 6.07) is -0.0537. The van der Waals surface area contributed by atoms with Gasteiger partial charge in [0.15, 0.2) is 0 Å². The Hall–Kier alpha value is -1.89. The standard InChI is InChI=1S/C20H28N4O2S/c1-13-7-8-15-21-18-16(19(25)24(15)12-9-13)14(2)17(27-18)22-20(26)23-10-5-3-4-6-11-23/h13H,3-12H2,1-2H3,(H,22,26). The lowest BCUT2D eigenvalue weighted by Crippen LogP contribution is -2.35. The van der Waals surface area contributed by atoms with Crippen molar-refractivity contribution in [2.75, 3.05) is 18.4 Å². The number of likely N-dealkylation sites (tertiary alicyclic amines) is 1. The van der Waals surface area contributed by atoms with Gasteiger partial charge in [0.25, 0.3) is 5.56 Å². The summed E-state index contributed by atoms with van der Waals surface area (Å²) in [5, 5.41) is 4.48. The van der Waals surface area contributed by atoms with Crippen molar-refractivity contribution in [2.24, 2.45) is 5.92 Å². The van der Waals surface area contributed by atoms with Crippen molar-refractivity contribution < 1.29 is 4.79 Å². The van der Waals surface area contributed by atoms with E-state index in [-0.39, 0.29) is 11.6 Å². The van der Waals surface area contributed by atoms with E-state index in [9.17, 15) is 9.59 Å². The highest BCUT2D eigenvalue weighted by Crippen LogP contribution is 2.33. The molecule has 27 heavy (non-hydrogen) atoms. The third kappa shape index (κ3) is 3.61. The number of nitrogens with zero attached hydrogens (tertiary/aromatic N) is 3. The molecule has 7 heteroatoms. The van der Waals surface area contributed by atoms with E-state index in [1.54, 1.807) is 0 Å². The fraction of sp³-hybridized carbons (Fsp3) is 0.650. The Balaban J connectivity index is 1.65. The number of fused-ring (bicyclic) bond motifs is 2. The van der Waals surface area contributed by atoms with Gasteiger partial charge in [0, 0.05) is 26.1 Å². The lowest BCUT2D eigenvalue weighted by atomic mass is 10.0. The van der Waals surface area contributed by atoms with Gasteiger partial charge in [-0.1, -0.05) is 31.1 Å². The molecule has 1 unspecified atom stereocenters. The van der Waals surface area contributed by atoms with Crippen LogP contribution in [0.25, 0.3) is 10.2 Å². The predicted octanol–water partition coefficient (Wildman–Crippen LogP) is 4.15. The van der Waals surface area contributed by atoms with Crippen LogP contribution >= 0.6 is 11.3 Å². The highest BCUT2D eigenvalue weighted by Gasteiger charge is 2.23. The van der Waals surface area contributed by atoms with Crippen LogP contribution in [-0.2, 0) is 13.0 Å². The molecule has 1 atom stereocenters. The van der Waals surface area contributed by atoms with Crippen molar-refractivity contribution in [1.82, 2.24) is 14.5 Å². The lowest BCUT2D eigenvalue weighted by Gasteiger charge is -2.20. The van der Waals surface area contributed by atoms with Gasteiger partial charge in [0.1, 0.15) is 15.7 Å². The van der Waals surface area contributed by atoms with E-state index in [0.29, 0.717) is 11.3 Å². The second-order valence-electron chi connectivity index (χ2n) is 7.99. The number of nitrogens with one attached hydrogen (secondary N) is 1. The van der Waals surface area contributed by atoms with Crippen LogP contribution in [-0.4, -0.2) is 33.6 Å². The van der Waals surface area contributed by atoms with E-state index in [0.717, 1.165) is 73.0 Å². The molecule has 0 saturated carbocycles. The molecule has 2 aromatic heterocycles. The molecule has 1 N–H and O–H groups in total. The zero-order chi connectivity index (χ0) is 19.0. The number of carbonyl (C=O) groups excluding carboxylic acids is 1. The van der Waals surface area contributed by atoms with Crippen LogP contribution < -0.4 is 10.9 Å². The predicted molar refractivity (Wildman–Crippen MR) is 110 cm³/mol. The largest absolute Gasteiger partial charge is 0.325 e. The van der Waals surface area contributed by atoms with E-state index >= 15 is 0 Å². The molecule has 0 aliphatic carbocycles. The third-order valence-corrected chi connectivity index (χ3v) is 7.05. The minimum Gasteiger partial charge on any atom is -0.325 e. The molecule has 6 nitrogen and oxygen atoms in total. The van der Waals surface area contributed by atoms with E-state index in [2.05, 4.69) is 12.2 Å². The molecule has 4 heterocycles. The number of anilines is 1. The number of hydrogen-bond acceptors (Lipinski definition) is 4. The SMILES string of the molecule is Cc1c(NC(=O)N2CCCCCC2)sc2nc3n(c(=O)c12)CCC(C)CC3. The van der Waals surface area contributed by atoms with Crippen LogP contribution in [0.5, 0.6) is 0 Å². The number of urea groups is 1. The summed E-state index contributed by atoms with van der Waals surface area (Å²) >= 11 is 1.43. The van der Waals surface area contributed by atoms with Crippen molar-refractivity contribution in [1.29, 1.82) is 0 Å². The van der Waals surface area contributed by atoms with Gasteiger partial charge in [-0.15, -0.1) is 0 Å². The van der Waals surface area contributed by atoms with Crippen LogP contribution in [0.2, 0.25) is 0 Å². The summed E-state index contributed by atoms with van der Waals surface area (Å²) in [5.74, 6) is 1.51. The van der Waals surface area contributed by atoms with Gasteiger partial charge >= 0.3 is 6.03 Å². The van der Waals surface area contributed by atoms with E-state index < -0.39 is 0 Å². The summed E-state index contributed by atoms with van der Waals surface area (Å²) in [4.78, 5) is 33.3. The second kappa shape index (κ2) is 7.62.